The number of aryl methyl sites for hydroxylation is 1. The number of halogens is 1. The number of hydrogen-bond donors (Lipinski definition) is 1. The molecular formula is C7H8INO2. The van der Waals surface area contributed by atoms with Gasteiger partial charge in [0.25, 0.3) is 5.56 Å². The molecule has 0 atom stereocenters. The zero-order valence-corrected chi connectivity index (χ0v) is 8.42. The molecule has 0 amide bonds. The first-order valence-electron chi connectivity index (χ1n) is 3.09. The summed E-state index contributed by atoms with van der Waals surface area (Å²) in [7, 11) is 1.68. The Morgan fingerprint density at radius 2 is 2.18 bits per heavy atom. The molecule has 0 spiro atoms. The molecule has 1 rings (SSSR count). The van der Waals surface area contributed by atoms with Crippen LogP contribution in [0.1, 0.15) is 5.69 Å². The molecule has 11 heavy (non-hydrogen) atoms. The van der Waals surface area contributed by atoms with E-state index in [4.69, 9.17) is 0 Å². The summed E-state index contributed by atoms with van der Waals surface area (Å²) in [5.41, 5.74) is 0.607. The zero-order chi connectivity index (χ0) is 8.59. The van der Waals surface area contributed by atoms with Crippen LogP contribution in [0.25, 0.3) is 0 Å². The highest BCUT2D eigenvalue weighted by Gasteiger charge is 2.05. The average molecular weight is 265 g/mol. The summed E-state index contributed by atoms with van der Waals surface area (Å²) in [4.78, 5) is 11.2. The van der Waals surface area contributed by atoms with Gasteiger partial charge in [0.05, 0.1) is 0 Å². The number of nitrogens with zero attached hydrogens (tertiary/aromatic N) is 1. The molecule has 0 aromatic carbocycles. The summed E-state index contributed by atoms with van der Waals surface area (Å²) in [6.07, 6.45) is 0. The standard InChI is InChI=1S/C7H8INO2/c1-4-3-5(10)6(8)7(11)9(4)2/h3,10H,1-2H3. The molecule has 0 saturated heterocycles. The Morgan fingerprint density at radius 1 is 1.64 bits per heavy atom. The lowest BCUT2D eigenvalue weighted by Gasteiger charge is -2.04. The molecule has 60 valence electrons. The lowest BCUT2D eigenvalue weighted by Crippen LogP contribution is -2.20. The molecule has 0 saturated carbocycles. The van der Waals surface area contributed by atoms with Gasteiger partial charge in [0, 0.05) is 18.8 Å². The molecule has 1 aromatic rings. The van der Waals surface area contributed by atoms with E-state index < -0.39 is 0 Å². The number of aromatic nitrogens is 1. The van der Waals surface area contributed by atoms with E-state index in [1.807, 2.05) is 22.6 Å². The lowest BCUT2D eigenvalue weighted by molar-refractivity contribution is 0.466. The van der Waals surface area contributed by atoms with Gasteiger partial charge in [-0.1, -0.05) is 0 Å². The van der Waals surface area contributed by atoms with E-state index in [1.54, 1.807) is 20.0 Å². The fourth-order valence-corrected chi connectivity index (χ4v) is 1.29. The molecule has 0 aliphatic heterocycles. The van der Waals surface area contributed by atoms with Crippen molar-refractivity contribution >= 4 is 22.6 Å². The van der Waals surface area contributed by atoms with Crippen LogP contribution in [0, 0.1) is 10.5 Å². The summed E-state index contributed by atoms with van der Waals surface area (Å²) in [5.74, 6) is 0.0613. The van der Waals surface area contributed by atoms with Crippen molar-refractivity contribution in [1.82, 2.24) is 4.57 Å². The number of pyridine rings is 1. The van der Waals surface area contributed by atoms with Gasteiger partial charge in [-0.2, -0.15) is 0 Å². The second kappa shape index (κ2) is 2.84. The molecule has 4 heteroatoms. The monoisotopic (exact) mass is 265 g/mol. The van der Waals surface area contributed by atoms with Crippen LogP contribution >= 0.6 is 22.6 Å². The molecule has 0 radical (unpaired) electrons. The van der Waals surface area contributed by atoms with Gasteiger partial charge >= 0.3 is 0 Å². The Morgan fingerprint density at radius 3 is 2.73 bits per heavy atom. The molecule has 0 fully saturated rings. The first kappa shape index (κ1) is 8.58. The summed E-state index contributed by atoms with van der Waals surface area (Å²) >= 11 is 1.83. The third kappa shape index (κ3) is 1.40. The Balaban J connectivity index is 3.59. The van der Waals surface area contributed by atoms with E-state index in [1.165, 1.54) is 4.57 Å². The molecule has 0 bridgehead atoms. The van der Waals surface area contributed by atoms with E-state index in [9.17, 15) is 9.90 Å². The second-order valence-corrected chi connectivity index (χ2v) is 3.43. The van der Waals surface area contributed by atoms with Crippen LogP contribution in [-0.4, -0.2) is 9.67 Å². The van der Waals surface area contributed by atoms with E-state index in [0.29, 0.717) is 3.57 Å². The van der Waals surface area contributed by atoms with Gasteiger partial charge in [-0.25, -0.2) is 0 Å². The van der Waals surface area contributed by atoms with Crippen LogP contribution in [-0.2, 0) is 7.05 Å². The highest BCUT2D eigenvalue weighted by atomic mass is 127. The Kier molecular flexibility index (Phi) is 2.22. The van der Waals surface area contributed by atoms with E-state index >= 15 is 0 Å². The normalized spacial score (nSPS) is 10.1. The molecule has 0 unspecified atom stereocenters. The van der Waals surface area contributed by atoms with Gasteiger partial charge in [0.2, 0.25) is 0 Å². The van der Waals surface area contributed by atoms with Gasteiger partial charge < -0.3 is 9.67 Å². The maximum atomic E-state index is 11.2. The molecule has 0 aliphatic rings. The third-order valence-electron chi connectivity index (χ3n) is 1.59. The van der Waals surface area contributed by atoms with E-state index in [2.05, 4.69) is 0 Å². The van der Waals surface area contributed by atoms with Crippen LogP contribution in [0.5, 0.6) is 5.75 Å². The van der Waals surface area contributed by atoms with Crippen LogP contribution in [0.15, 0.2) is 10.9 Å². The van der Waals surface area contributed by atoms with Crippen molar-refractivity contribution in [3.63, 3.8) is 0 Å². The van der Waals surface area contributed by atoms with Crippen LogP contribution in [0.2, 0.25) is 0 Å². The van der Waals surface area contributed by atoms with E-state index in [-0.39, 0.29) is 11.3 Å². The SMILES string of the molecule is Cc1cc(O)c(I)c(=O)n1C. The van der Waals surface area contributed by atoms with Crippen molar-refractivity contribution in [2.75, 3.05) is 0 Å². The van der Waals surface area contributed by atoms with Crippen molar-refractivity contribution in [2.45, 2.75) is 6.92 Å². The van der Waals surface area contributed by atoms with Crippen molar-refractivity contribution in [3.05, 3.63) is 25.7 Å². The largest absolute Gasteiger partial charge is 0.507 e. The van der Waals surface area contributed by atoms with Gasteiger partial charge in [-0.15, -0.1) is 0 Å². The van der Waals surface area contributed by atoms with Gasteiger partial charge in [-0.05, 0) is 29.5 Å². The molecule has 0 aliphatic carbocycles. The van der Waals surface area contributed by atoms with Crippen molar-refractivity contribution < 1.29 is 5.11 Å². The predicted octanol–water partition coefficient (Wildman–Crippen LogP) is 1.00. The highest BCUT2D eigenvalue weighted by molar-refractivity contribution is 14.1. The van der Waals surface area contributed by atoms with Crippen LogP contribution in [0.3, 0.4) is 0 Å². The first-order valence-corrected chi connectivity index (χ1v) is 4.17. The summed E-state index contributed by atoms with van der Waals surface area (Å²) in [6, 6.07) is 1.57. The van der Waals surface area contributed by atoms with Gasteiger partial charge in [0.15, 0.2) is 0 Å². The maximum absolute atomic E-state index is 11.2. The van der Waals surface area contributed by atoms with Crippen LogP contribution < -0.4 is 5.56 Å². The third-order valence-corrected chi connectivity index (χ3v) is 2.61. The Hall–Kier alpha value is -0.520. The fraction of sp³-hybridized carbons (Fsp3) is 0.286. The van der Waals surface area contributed by atoms with Crippen molar-refractivity contribution in [3.8, 4) is 5.75 Å². The van der Waals surface area contributed by atoms with E-state index in [0.717, 1.165) is 5.69 Å². The summed E-state index contributed by atoms with van der Waals surface area (Å²) in [5, 5.41) is 9.18. The fourth-order valence-electron chi connectivity index (χ4n) is 0.775. The average Bonchev–Trinajstić information content (AvgIpc) is 1.97. The lowest BCUT2D eigenvalue weighted by atomic mass is 10.3. The maximum Gasteiger partial charge on any atom is 0.267 e. The predicted molar refractivity (Wildman–Crippen MR) is 50.8 cm³/mol. The second-order valence-electron chi connectivity index (χ2n) is 2.35. The minimum absolute atomic E-state index is 0.0613. The first-order chi connectivity index (χ1) is 5.04. The quantitative estimate of drug-likeness (QED) is 0.711. The Bertz CT molecular complexity index is 314. The van der Waals surface area contributed by atoms with Gasteiger partial charge in [-0.3, -0.25) is 4.79 Å². The molecule has 1 heterocycles. The Labute approximate surface area is 77.8 Å². The minimum atomic E-state index is -0.150. The summed E-state index contributed by atoms with van der Waals surface area (Å²) in [6.45, 7) is 1.78. The number of hydrogen-bond acceptors (Lipinski definition) is 2. The van der Waals surface area contributed by atoms with Crippen molar-refractivity contribution in [1.29, 1.82) is 0 Å². The summed E-state index contributed by atoms with van der Waals surface area (Å²) < 4.78 is 1.87. The van der Waals surface area contributed by atoms with Crippen LogP contribution in [0.4, 0.5) is 0 Å². The molecule has 3 nitrogen and oxygen atoms in total. The molecule has 1 aromatic heterocycles. The van der Waals surface area contributed by atoms with Crippen molar-refractivity contribution in [2.24, 2.45) is 7.05 Å². The van der Waals surface area contributed by atoms with Gasteiger partial charge in [0.1, 0.15) is 9.32 Å². The smallest absolute Gasteiger partial charge is 0.267 e. The molecule has 1 N–H and O–H groups in total. The highest BCUT2D eigenvalue weighted by Crippen LogP contribution is 2.15. The number of rotatable bonds is 0. The topological polar surface area (TPSA) is 42.2 Å². The zero-order valence-electron chi connectivity index (χ0n) is 6.26. The molecular weight excluding hydrogens is 257 g/mol. The number of aromatic hydroxyl groups is 1. The minimum Gasteiger partial charge on any atom is -0.507 e.